The van der Waals surface area contributed by atoms with Crippen molar-refractivity contribution in [2.45, 2.75) is 12.5 Å². The highest BCUT2D eigenvalue weighted by molar-refractivity contribution is 7.19. The van der Waals surface area contributed by atoms with Gasteiger partial charge in [0.2, 0.25) is 0 Å². The lowest BCUT2D eigenvalue weighted by Gasteiger charge is -2.09. The van der Waals surface area contributed by atoms with Crippen molar-refractivity contribution in [2.24, 2.45) is 5.10 Å². The van der Waals surface area contributed by atoms with Crippen molar-refractivity contribution >= 4 is 28.6 Å². The number of nitrogens with zero attached hydrogens (tertiary/aromatic N) is 3. The van der Waals surface area contributed by atoms with Gasteiger partial charge in [0.05, 0.1) is 26.7 Å². The van der Waals surface area contributed by atoms with Gasteiger partial charge in [-0.05, 0) is 36.4 Å². The molecule has 7 heteroatoms. The first kappa shape index (κ1) is 18.0. The molecule has 2 aromatic carbocycles. The molecule has 4 aromatic rings. The van der Waals surface area contributed by atoms with E-state index < -0.39 is 0 Å². The van der Waals surface area contributed by atoms with Crippen molar-refractivity contribution in [3.05, 3.63) is 88.4 Å². The van der Waals surface area contributed by atoms with Crippen LogP contribution in [0.1, 0.15) is 23.6 Å². The van der Waals surface area contributed by atoms with Crippen LogP contribution in [0.15, 0.2) is 78.0 Å². The number of phenolic OH excluding ortho intramolecular Hbond substituents is 1. The van der Waals surface area contributed by atoms with Crippen molar-refractivity contribution in [1.82, 2.24) is 15.2 Å². The molecule has 3 heterocycles. The number of aromatic hydroxyl groups is 1. The van der Waals surface area contributed by atoms with Gasteiger partial charge in [0, 0.05) is 23.7 Å². The van der Waals surface area contributed by atoms with Crippen LogP contribution in [0, 0.1) is 0 Å². The van der Waals surface area contributed by atoms with E-state index in [-0.39, 0.29) is 11.8 Å². The van der Waals surface area contributed by atoms with Crippen molar-refractivity contribution in [3.8, 4) is 22.0 Å². The highest BCUT2D eigenvalue weighted by atomic mass is 35.5. The zero-order valence-electron chi connectivity index (χ0n) is 15.3. The summed E-state index contributed by atoms with van der Waals surface area (Å²) in [6, 6.07) is 21.1. The summed E-state index contributed by atoms with van der Waals surface area (Å²) < 4.78 is 2.61. The number of para-hydroxylation sites is 2. The summed E-state index contributed by atoms with van der Waals surface area (Å²) in [6.07, 6.45) is 2.70. The van der Waals surface area contributed by atoms with Gasteiger partial charge in [-0.1, -0.05) is 41.9 Å². The molecule has 1 unspecified atom stereocenters. The van der Waals surface area contributed by atoms with E-state index in [1.165, 1.54) is 11.3 Å². The first-order chi connectivity index (χ1) is 14.2. The van der Waals surface area contributed by atoms with Gasteiger partial charge in [-0.2, -0.15) is 10.2 Å². The van der Waals surface area contributed by atoms with Crippen LogP contribution in [0.4, 0.5) is 0 Å². The Hall–Kier alpha value is -3.09. The van der Waals surface area contributed by atoms with Gasteiger partial charge < -0.3 is 10.5 Å². The molecule has 2 N–H and O–H groups in total. The minimum Gasteiger partial charge on any atom is -0.507 e. The lowest BCUT2D eigenvalue weighted by Crippen LogP contribution is -2.10. The number of nitrogens with one attached hydrogen (secondary N) is 1. The molecule has 2 aromatic heterocycles. The van der Waals surface area contributed by atoms with E-state index in [4.69, 9.17) is 16.7 Å². The Labute approximate surface area is 176 Å². The molecule has 1 atom stereocenters. The number of phenols is 1. The summed E-state index contributed by atoms with van der Waals surface area (Å²) in [7, 11) is 0. The summed E-state index contributed by atoms with van der Waals surface area (Å²) in [5, 5.41) is 19.5. The molecule has 0 saturated carbocycles. The number of hydrogen-bond donors (Lipinski definition) is 2. The molecule has 5 rings (SSSR count). The number of halogens is 1. The summed E-state index contributed by atoms with van der Waals surface area (Å²) in [6.45, 7) is 0. The molecular formula is C22H17ClN4OS. The average Bonchev–Trinajstić information content (AvgIpc) is 3.48. The second-order valence-corrected chi connectivity index (χ2v) is 8.49. The third-order valence-corrected chi connectivity index (χ3v) is 6.15. The van der Waals surface area contributed by atoms with Gasteiger partial charge in [-0.3, -0.25) is 0 Å². The Morgan fingerprint density at radius 2 is 1.83 bits per heavy atom. The van der Waals surface area contributed by atoms with Crippen LogP contribution >= 0.6 is 22.9 Å². The van der Waals surface area contributed by atoms with Crippen molar-refractivity contribution in [2.75, 3.05) is 0 Å². The van der Waals surface area contributed by atoms with E-state index in [1.54, 1.807) is 6.07 Å². The van der Waals surface area contributed by atoms with Crippen molar-refractivity contribution < 1.29 is 5.11 Å². The molecule has 0 fully saturated rings. The van der Waals surface area contributed by atoms with Crippen molar-refractivity contribution in [1.29, 1.82) is 0 Å². The molecule has 1 aliphatic rings. The van der Waals surface area contributed by atoms with E-state index in [9.17, 15) is 5.11 Å². The minimum absolute atomic E-state index is 0.0436. The van der Waals surface area contributed by atoms with Gasteiger partial charge in [0.1, 0.15) is 11.4 Å². The smallest absolute Gasteiger partial charge is 0.124 e. The van der Waals surface area contributed by atoms with Crippen LogP contribution in [-0.2, 0) is 0 Å². The second-order valence-electron chi connectivity index (χ2n) is 6.78. The fourth-order valence-corrected chi connectivity index (χ4v) is 4.55. The summed E-state index contributed by atoms with van der Waals surface area (Å²) >= 11 is 7.69. The minimum atomic E-state index is -0.0436. The van der Waals surface area contributed by atoms with Crippen LogP contribution < -0.4 is 5.43 Å². The van der Waals surface area contributed by atoms with Crippen LogP contribution in [-0.4, -0.2) is 20.6 Å². The number of aromatic nitrogens is 2. The van der Waals surface area contributed by atoms with Gasteiger partial charge in [0.15, 0.2) is 0 Å². The Morgan fingerprint density at radius 1 is 1.03 bits per heavy atom. The highest BCUT2D eigenvalue weighted by Gasteiger charge is 2.28. The zero-order chi connectivity index (χ0) is 19.8. The highest BCUT2D eigenvalue weighted by Crippen LogP contribution is 2.37. The third-order valence-electron chi connectivity index (χ3n) is 4.91. The van der Waals surface area contributed by atoms with Crippen LogP contribution in [0.2, 0.25) is 4.34 Å². The molecule has 0 bridgehead atoms. The lowest BCUT2D eigenvalue weighted by atomic mass is 9.98. The van der Waals surface area contributed by atoms with Gasteiger partial charge in [0.25, 0.3) is 0 Å². The molecular weight excluding hydrogens is 404 g/mol. The SMILES string of the molecule is Oc1ccccc1C1=NNC(c2cn(-c3ccccc3)nc2-c2ccc(Cl)s2)C1. The monoisotopic (exact) mass is 420 g/mol. The quantitative estimate of drug-likeness (QED) is 0.464. The Balaban J connectivity index is 1.53. The molecule has 1 aliphatic heterocycles. The van der Waals surface area contributed by atoms with Gasteiger partial charge in [-0.25, -0.2) is 4.68 Å². The van der Waals surface area contributed by atoms with Crippen molar-refractivity contribution in [3.63, 3.8) is 0 Å². The average molecular weight is 421 g/mol. The number of rotatable bonds is 4. The van der Waals surface area contributed by atoms with Gasteiger partial charge in [-0.15, -0.1) is 11.3 Å². The fourth-order valence-electron chi connectivity index (χ4n) is 3.50. The summed E-state index contributed by atoms with van der Waals surface area (Å²) in [5.41, 5.74) is 7.72. The number of hydrogen-bond acceptors (Lipinski definition) is 5. The Kier molecular flexibility index (Phi) is 4.58. The first-order valence-corrected chi connectivity index (χ1v) is 10.4. The molecule has 0 amide bonds. The zero-order valence-corrected chi connectivity index (χ0v) is 16.9. The van der Waals surface area contributed by atoms with Gasteiger partial charge >= 0.3 is 0 Å². The normalized spacial score (nSPS) is 15.9. The molecule has 0 saturated heterocycles. The Bertz CT molecular complexity index is 1200. The predicted molar refractivity (Wildman–Crippen MR) is 117 cm³/mol. The van der Waals surface area contributed by atoms with E-state index >= 15 is 0 Å². The van der Waals surface area contributed by atoms with E-state index in [2.05, 4.69) is 10.5 Å². The maximum atomic E-state index is 10.2. The number of benzene rings is 2. The summed E-state index contributed by atoms with van der Waals surface area (Å²) in [4.78, 5) is 1.01. The van der Waals surface area contributed by atoms with E-state index in [0.717, 1.165) is 37.4 Å². The van der Waals surface area contributed by atoms with Crippen LogP contribution in [0.5, 0.6) is 5.75 Å². The standard InChI is InChI=1S/C22H17ClN4OS/c23-21-11-10-20(29-21)22-16(13-27(26-22)14-6-2-1-3-7-14)18-12-17(24-25-18)15-8-4-5-9-19(15)28/h1-11,13,18,25,28H,12H2. The maximum Gasteiger partial charge on any atom is 0.124 e. The van der Waals surface area contributed by atoms with E-state index in [0.29, 0.717) is 6.42 Å². The second kappa shape index (κ2) is 7.39. The number of thiophene rings is 1. The maximum absolute atomic E-state index is 10.2. The fraction of sp³-hybridized carbons (Fsp3) is 0.0909. The van der Waals surface area contributed by atoms with E-state index in [1.807, 2.05) is 71.5 Å². The largest absolute Gasteiger partial charge is 0.507 e. The third kappa shape index (κ3) is 3.41. The first-order valence-electron chi connectivity index (χ1n) is 9.20. The molecule has 0 aliphatic carbocycles. The molecule has 0 spiro atoms. The molecule has 0 radical (unpaired) electrons. The Morgan fingerprint density at radius 3 is 2.59 bits per heavy atom. The summed E-state index contributed by atoms with van der Waals surface area (Å²) in [5.74, 6) is 0.235. The van der Waals surface area contributed by atoms with Crippen LogP contribution in [0.25, 0.3) is 16.3 Å². The topological polar surface area (TPSA) is 62.4 Å². The molecule has 29 heavy (non-hydrogen) atoms. The predicted octanol–water partition coefficient (Wildman–Crippen LogP) is 5.40. The molecule has 144 valence electrons. The number of hydrazone groups is 1. The molecule has 5 nitrogen and oxygen atoms in total. The lowest BCUT2D eigenvalue weighted by molar-refractivity contribution is 0.474. The van der Waals surface area contributed by atoms with Crippen LogP contribution in [0.3, 0.4) is 0 Å².